The monoisotopic (exact) mass is 227 g/mol. The molecule has 0 aromatic rings. The summed E-state index contributed by atoms with van der Waals surface area (Å²) in [5.41, 5.74) is 0. The molecule has 1 saturated carbocycles. The molecule has 0 bridgehead atoms. The Hall–Kier alpha value is -1.26. The first-order chi connectivity index (χ1) is 7.45. The van der Waals surface area contributed by atoms with Gasteiger partial charge in [0.25, 0.3) is 0 Å². The lowest BCUT2D eigenvalue weighted by Crippen LogP contribution is -2.52. The SMILES string of the molecule is CNC(=O)[C@H](NC(=O)N[C@H]1C[C@@H]1C)C(C)C. The second-order valence-corrected chi connectivity index (χ2v) is 4.77. The Balaban J connectivity index is 2.41. The Labute approximate surface area is 96.4 Å². The van der Waals surface area contributed by atoms with E-state index in [-0.39, 0.29) is 23.9 Å². The van der Waals surface area contributed by atoms with Gasteiger partial charge in [0.1, 0.15) is 6.04 Å². The Morgan fingerprint density at radius 3 is 2.25 bits per heavy atom. The van der Waals surface area contributed by atoms with E-state index in [1.807, 2.05) is 13.8 Å². The zero-order valence-electron chi connectivity index (χ0n) is 10.3. The summed E-state index contributed by atoms with van der Waals surface area (Å²) in [4.78, 5) is 23.1. The third-order valence-corrected chi connectivity index (χ3v) is 2.91. The topological polar surface area (TPSA) is 70.2 Å². The molecule has 1 aliphatic carbocycles. The van der Waals surface area contributed by atoms with Crippen molar-refractivity contribution in [2.75, 3.05) is 7.05 Å². The number of urea groups is 1. The first-order valence-corrected chi connectivity index (χ1v) is 5.74. The van der Waals surface area contributed by atoms with Gasteiger partial charge in [0.2, 0.25) is 5.91 Å². The summed E-state index contributed by atoms with van der Waals surface area (Å²) in [6.45, 7) is 5.89. The number of nitrogens with one attached hydrogen (secondary N) is 3. The first-order valence-electron chi connectivity index (χ1n) is 5.74. The average Bonchev–Trinajstić information content (AvgIpc) is 2.89. The maximum Gasteiger partial charge on any atom is 0.315 e. The average molecular weight is 227 g/mol. The van der Waals surface area contributed by atoms with Crippen molar-refractivity contribution < 1.29 is 9.59 Å². The van der Waals surface area contributed by atoms with E-state index in [9.17, 15) is 9.59 Å². The van der Waals surface area contributed by atoms with E-state index in [4.69, 9.17) is 0 Å². The molecule has 0 saturated heterocycles. The van der Waals surface area contributed by atoms with E-state index >= 15 is 0 Å². The number of hydrogen-bond donors (Lipinski definition) is 3. The fraction of sp³-hybridized carbons (Fsp3) is 0.818. The molecule has 5 heteroatoms. The normalized spacial score (nSPS) is 24.8. The molecule has 5 nitrogen and oxygen atoms in total. The van der Waals surface area contributed by atoms with Crippen LogP contribution >= 0.6 is 0 Å². The third kappa shape index (κ3) is 3.40. The minimum Gasteiger partial charge on any atom is -0.357 e. The molecular weight excluding hydrogens is 206 g/mol. The minimum atomic E-state index is -0.473. The van der Waals surface area contributed by atoms with Crippen LogP contribution in [0.3, 0.4) is 0 Å². The van der Waals surface area contributed by atoms with Crippen molar-refractivity contribution in [3.8, 4) is 0 Å². The van der Waals surface area contributed by atoms with E-state index in [2.05, 4.69) is 22.9 Å². The number of likely N-dealkylation sites (N-methyl/N-ethyl adjacent to an activating group) is 1. The Morgan fingerprint density at radius 1 is 1.31 bits per heavy atom. The van der Waals surface area contributed by atoms with Crippen LogP contribution in [0.5, 0.6) is 0 Å². The molecule has 0 aliphatic heterocycles. The molecule has 3 amide bonds. The van der Waals surface area contributed by atoms with Crippen LogP contribution in [-0.4, -0.2) is 31.1 Å². The van der Waals surface area contributed by atoms with Crippen molar-refractivity contribution in [2.24, 2.45) is 11.8 Å². The van der Waals surface area contributed by atoms with Crippen molar-refractivity contribution in [3.63, 3.8) is 0 Å². The van der Waals surface area contributed by atoms with Gasteiger partial charge in [0.15, 0.2) is 0 Å². The molecule has 0 aromatic heterocycles. The zero-order chi connectivity index (χ0) is 12.3. The smallest absolute Gasteiger partial charge is 0.315 e. The molecule has 16 heavy (non-hydrogen) atoms. The van der Waals surface area contributed by atoms with Crippen molar-refractivity contribution in [3.05, 3.63) is 0 Å². The summed E-state index contributed by atoms with van der Waals surface area (Å²) in [5.74, 6) is 0.472. The molecule has 1 aliphatic rings. The maximum atomic E-state index is 11.6. The van der Waals surface area contributed by atoms with Gasteiger partial charge in [-0.15, -0.1) is 0 Å². The highest BCUT2D eigenvalue weighted by Crippen LogP contribution is 2.28. The molecule has 1 rings (SSSR count). The molecule has 3 N–H and O–H groups in total. The van der Waals surface area contributed by atoms with E-state index in [0.717, 1.165) is 6.42 Å². The third-order valence-electron chi connectivity index (χ3n) is 2.91. The number of hydrogen-bond acceptors (Lipinski definition) is 2. The van der Waals surface area contributed by atoms with E-state index in [1.54, 1.807) is 7.05 Å². The summed E-state index contributed by atoms with van der Waals surface area (Å²) in [5, 5.41) is 8.08. The standard InChI is InChI=1S/C11H21N3O2/c1-6(2)9(10(15)12-4)14-11(16)13-8-5-7(8)3/h6-9H,5H2,1-4H3,(H,12,15)(H2,13,14,16)/t7-,8-,9+/m0/s1. The van der Waals surface area contributed by atoms with Crippen molar-refractivity contribution >= 4 is 11.9 Å². The van der Waals surface area contributed by atoms with Gasteiger partial charge in [-0.3, -0.25) is 4.79 Å². The zero-order valence-corrected chi connectivity index (χ0v) is 10.3. The molecule has 0 aromatic carbocycles. The lowest BCUT2D eigenvalue weighted by molar-refractivity contribution is -0.123. The van der Waals surface area contributed by atoms with Crippen LogP contribution in [-0.2, 0) is 4.79 Å². The molecule has 92 valence electrons. The number of amides is 3. The maximum absolute atomic E-state index is 11.6. The highest BCUT2D eigenvalue weighted by molar-refractivity contribution is 5.87. The van der Waals surface area contributed by atoms with E-state index in [1.165, 1.54) is 0 Å². The number of carbonyl (C=O) groups is 2. The first kappa shape index (κ1) is 12.8. The predicted octanol–water partition coefficient (Wildman–Crippen LogP) is 0.465. The number of carbonyl (C=O) groups excluding carboxylic acids is 2. The summed E-state index contributed by atoms with van der Waals surface area (Å²) in [7, 11) is 1.57. The molecule has 0 heterocycles. The lowest BCUT2D eigenvalue weighted by atomic mass is 10.0. The second kappa shape index (κ2) is 5.18. The number of rotatable bonds is 4. The van der Waals surface area contributed by atoms with Crippen LogP contribution in [0.2, 0.25) is 0 Å². The molecular formula is C11H21N3O2. The fourth-order valence-electron chi connectivity index (χ4n) is 1.56. The van der Waals surface area contributed by atoms with Crippen LogP contribution < -0.4 is 16.0 Å². The van der Waals surface area contributed by atoms with Gasteiger partial charge < -0.3 is 16.0 Å². The Bertz CT molecular complexity index is 278. The summed E-state index contributed by atoms with van der Waals surface area (Å²) in [6, 6.07) is -0.451. The van der Waals surface area contributed by atoms with Crippen LogP contribution in [0.4, 0.5) is 4.79 Å². The van der Waals surface area contributed by atoms with Crippen molar-refractivity contribution in [1.29, 1.82) is 0 Å². The van der Waals surface area contributed by atoms with Crippen LogP contribution in [0.1, 0.15) is 27.2 Å². The molecule has 0 radical (unpaired) electrons. The van der Waals surface area contributed by atoms with E-state index < -0.39 is 6.04 Å². The van der Waals surface area contributed by atoms with Gasteiger partial charge in [-0.2, -0.15) is 0 Å². The van der Waals surface area contributed by atoms with Gasteiger partial charge in [0, 0.05) is 13.1 Å². The van der Waals surface area contributed by atoms with Crippen molar-refractivity contribution in [1.82, 2.24) is 16.0 Å². The molecule has 0 unspecified atom stereocenters. The predicted molar refractivity (Wildman–Crippen MR) is 61.9 cm³/mol. The van der Waals surface area contributed by atoms with Crippen LogP contribution in [0, 0.1) is 11.8 Å². The van der Waals surface area contributed by atoms with Gasteiger partial charge in [-0.05, 0) is 18.3 Å². The van der Waals surface area contributed by atoms with Crippen LogP contribution in [0.25, 0.3) is 0 Å². The summed E-state index contributed by atoms with van der Waals surface area (Å²) < 4.78 is 0. The fourth-order valence-corrected chi connectivity index (χ4v) is 1.56. The van der Waals surface area contributed by atoms with Gasteiger partial charge in [-0.1, -0.05) is 20.8 Å². The second-order valence-electron chi connectivity index (χ2n) is 4.77. The van der Waals surface area contributed by atoms with Gasteiger partial charge >= 0.3 is 6.03 Å². The van der Waals surface area contributed by atoms with Gasteiger partial charge in [0.05, 0.1) is 0 Å². The molecule has 0 spiro atoms. The Kier molecular flexibility index (Phi) is 4.15. The largest absolute Gasteiger partial charge is 0.357 e. The Morgan fingerprint density at radius 2 is 1.88 bits per heavy atom. The summed E-state index contributed by atoms with van der Waals surface area (Å²) >= 11 is 0. The molecule has 3 atom stereocenters. The van der Waals surface area contributed by atoms with Gasteiger partial charge in [-0.25, -0.2) is 4.79 Å². The quantitative estimate of drug-likeness (QED) is 0.653. The molecule has 1 fully saturated rings. The lowest BCUT2D eigenvalue weighted by Gasteiger charge is -2.20. The highest BCUT2D eigenvalue weighted by Gasteiger charge is 2.34. The van der Waals surface area contributed by atoms with E-state index in [0.29, 0.717) is 5.92 Å². The highest BCUT2D eigenvalue weighted by atomic mass is 16.2. The minimum absolute atomic E-state index is 0.0716. The van der Waals surface area contributed by atoms with Crippen LogP contribution in [0.15, 0.2) is 0 Å². The summed E-state index contributed by atoms with van der Waals surface area (Å²) in [6.07, 6.45) is 1.03. The van der Waals surface area contributed by atoms with Crippen molar-refractivity contribution in [2.45, 2.75) is 39.3 Å².